The van der Waals surface area contributed by atoms with Gasteiger partial charge in [-0.3, -0.25) is 10.1 Å². The van der Waals surface area contributed by atoms with Gasteiger partial charge in [0.05, 0.1) is 15.0 Å². The second-order valence-corrected chi connectivity index (χ2v) is 4.36. The highest BCUT2D eigenvalue weighted by molar-refractivity contribution is 6.44. The normalized spacial score (nSPS) is 10.4. The predicted molar refractivity (Wildman–Crippen MR) is 73.0 cm³/mol. The van der Waals surface area contributed by atoms with Crippen LogP contribution in [0.25, 0.3) is 11.1 Å². The van der Waals surface area contributed by atoms with Crippen molar-refractivity contribution in [3.05, 3.63) is 38.5 Å². The van der Waals surface area contributed by atoms with Gasteiger partial charge in [0.25, 0.3) is 5.69 Å². The smallest absolute Gasteiger partial charge is 0.271 e. The highest BCUT2D eigenvalue weighted by Crippen LogP contribution is 2.38. The molecule has 4 N–H and O–H groups in total. The minimum absolute atomic E-state index is 0.00565. The molecular weight excluding hydrogens is 293 g/mol. The number of anilines is 2. The number of benzene rings is 1. The van der Waals surface area contributed by atoms with Crippen LogP contribution in [0.2, 0.25) is 10.0 Å². The summed E-state index contributed by atoms with van der Waals surface area (Å²) in [5.41, 5.74) is 11.5. The van der Waals surface area contributed by atoms with Gasteiger partial charge in [-0.2, -0.15) is 4.98 Å². The molecule has 0 radical (unpaired) electrons. The maximum atomic E-state index is 10.8. The lowest BCUT2D eigenvalue weighted by Gasteiger charge is -2.08. The van der Waals surface area contributed by atoms with Crippen molar-refractivity contribution in [2.24, 2.45) is 0 Å². The molecule has 0 spiro atoms. The van der Waals surface area contributed by atoms with Gasteiger partial charge in [-0.1, -0.05) is 23.2 Å². The number of halogens is 2. The second-order valence-electron chi connectivity index (χ2n) is 3.57. The van der Waals surface area contributed by atoms with Crippen LogP contribution in [0.3, 0.4) is 0 Å². The number of aromatic nitrogens is 2. The topological polar surface area (TPSA) is 121 Å². The van der Waals surface area contributed by atoms with Gasteiger partial charge in [-0.25, -0.2) is 4.98 Å². The number of hydrogen-bond acceptors (Lipinski definition) is 6. The van der Waals surface area contributed by atoms with E-state index < -0.39 is 4.92 Å². The SMILES string of the molecule is Nc1ncc(-c2cc([N+](=O)[O-])cc(Cl)c2Cl)c(N)n1. The summed E-state index contributed by atoms with van der Waals surface area (Å²) in [6.07, 6.45) is 1.33. The third-order valence-electron chi connectivity index (χ3n) is 2.35. The molecule has 2 rings (SSSR count). The number of rotatable bonds is 2. The van der Waals surface area contributed by atoms with E-state index in [0.717, 1.165) is 6.07 Å². The lowest BCUT2D eigenvalue weighted by molar-refractivity contribution is -0.384. The van der Waals surface area contributed by atoms with Gasteiger partial charge in [0.2, 0.25) is 5.95 Å². The highest BCUT2D eigenvalue weighted by atomic mass is 35.5. The minimum Gasteiger partial charge on any atom is -0.383 e. The van der Waals surface area contributed by atoms with E-state index in [9.17, 15) is 10.1 Å². The fourth-order valence-corrected chi connectivity index (χ4v) is 1.92. The van der Waals surface area contributed by atoms with Crippen LogP contribution in [-0.2, 0) is 0 Å². The van der Waals surface area contributed by atoms with E-state index in [1.54, 1.807) is 0 Å². The first-order valence-corrected chi connectivity index (χ1v) is 5.67. The molecule has 7 nitrogen and oxygen atoms in total. The van der Waals surface area contributed by atoms with Crippen molar-refractivity contribution in [1.82, 2.24) is 9.97 Å². The zero-order valence-corrected chi connectivity index (χ0v) is 10.8. The van der Waals surface area contributed by atoms with Gasteiger partial charge in [0, 0.05) is 29.5 Å². The summed E-state index contributed by atoms with van der Waals surface area (Å²) in [5.74, 6) is 0.0554. The Kier molecular flexibility index (Phi) is 3.41. The Morgan fingerprint density at radius 1 is 1.21 bits per heavy atom. The summed E-state index contributed by atoms with van der Waals surface area (Å²) >= 11 is 11.9. The molecule has 0 saturated carbocycles. The molecule has 0 atom stereocenters. The molecule has 0 bridgehead atoms. The van der Waals surface area contributed by atoms with Crippen LogP contribution in [-0.4, -0.2) is 14.9 Å². The lowest BCUT2D eigenvalue weighted by atomic mass is 10.1. The zero-order chi connectivity index (χ0) is 14.2. The highest BCUT2D eigenvalue weighted by Gasteiger charge is 2.18. The summed E-state index contributed by atoms with van der Waals surface area (Å²) in [6, 6.07) is 2.40. The second kappa shape index (κ2) is 4.87. The van der Waals surface area contributed by atoms with Crippen LogP contribution in [0.5, 0.6) is 0 Å². The van der Waals surface area contributed by atoms with E-state index in [-0.39, 0.29) is 33.1 Å². The monoisotopic (exact) mass is 299 g/mol. The first kappa shape index (κ1) is 13.3. The number of non-ortho nitro benzene ring substituents is 1. The molecule has 9 heteroatoms. The van der Waals surface area contributed by atoms with Crippen LogP contribution in [0.4, 0.5) is 17.5 Å². The summed E-state index contributed by atoms with van der Waals surface area (Å²) in [6.45, 7) is 0. The number of nitrogens with zero attached hydrogens (tertiary/aromatic N) is 3. The average Bonchev–Trinajstić information content (AvgIpc) is 2.33. The molecular formula is C10H7Cl2N5O2. The quantitative estimate of drug-likeness (QED) is 0.649. The van der Waals surface area contributed by atoms with Crippen molar-refractivity contribution in [1.29, 1.82) is 0 Å². The molecule has 0 unspecified atom stereocenters. The van der Waals surface area contributed by atoms with E-state index in [1.165, 1.54) is 12.3 Å². The van der Waals surface area contributed by atoms with E-state index in [0.29, 0.717) is 5.56 Å². The van der Waals surface area contributed by atoms with Crippen LogP contribution >= 0.6 is 23.2 Å². The summed E-state index contributed by atoms with van der Waals surface area (Å²) in [7, 11) is 0. The van der Waals surface area contributed by atoms with Crippen LogP contribution in [0.15, 0.2) is 18.3 Å². The Bertz CT molecular complexity index is 677. The Balaban J connectivity index is 2.70. The molecule has 1 aromatic heterocycles. The van der Waals surface area contributed by atoms with Crippen molar-refractivity contribution in [3.8, 4) is 11.1 Å². The Morgan fingerprint density at radius 3 is 2.47 bits per heavy atom. The third kappa shape index (κ3) is 2.51. The van der Waals surface area contributed by atoms with Crippen molar-refractivity contribution >= 4 is 40.7 Å². The van der Waals surface area contributed by atoms with Gasteiger partial charge in [-0.15, -0.1) is 0 Å². The molecule has 19 heavy (non-hydrogen) atoms. The average molecular weight is 300 g/mol. The summed E-state index contributed by atoms with van der Waals surface area (Å²) < 4.78 is 0. The van der Waals surface area contributed by atoms with Gasteiger partial charge in [0.15, 0.2) is 0 Å². The molecule has 1 heterocycles. The van der Waals surface area contributed by atoms with E-state index in [4.69, 9.17) is 34.7 Å². The van der Waals surface area contributed by atoms with Crippen LogP contribution < -0.4 is 11.5 Å². The van der Waals surface area contributed by atoms with Gasteiger partial charge in [0.1, 0.15) is 5.82 Å². The van der Waals surface area contributed by atoms with Gasteiger partial charge >= 0.3 is 0 Å². The van der Waals surface area contributed by atoms with Crippen molar-refractivity contribution in [2.75, 3.05) is 11.5 Å². The molecule has 0 amide bonds. The number of nitro groups is 1. The fourth-order valence-electron chi connectivity index (χ4n) is 1.49. The number of hydrogen-bond donors (Lipinski definition) is 2. The zero-order valence-electron chi connectivity index (χ0n) is 9.30. The first-order valence-electron chi connectivity index (χ1n) is 4.92. The van der Waals surface area contributed by atoms with Crippen LogP contribution in [0, 0.1) is 10.1 Å². The van der Waals surface area contributed by atoms with E-state index in [1.807, 2.05) is 0 Å². The first-order chi connectivity index (χ1) is 8.90. The van der Waals surface area contributed by atoms with Crippen molar-refractivity contribution in [3.63, 3.8) is 0 Å². The fraction of sp³-hybridized carbons (Fsp3) is 0. The molecule has 1 aromatic carbocycles. The predicted octanol–water partition coefficient (Wildman–Crippen LogP) is 2.52. The number of nitrogen functional groups attached to an aromatic ring is 2. The van der Waals surface area contributed by atoms with Crippen LogP contribution in [0.1, 0.15) is 0 Å². The number of nitrogens with two attached hydrogens (primary N) is 2. The van der Waals surface area contributed by atoms with E-state index in [2.05, 4.69) is 9.97 Å². The summed E-state index contributed by atoms with van der Waals surface area (Å²) in [5, 5.41) is 11.0. The third-order valence-corrected chi connectivity index (χ3v) is 3.15. The lowest BCUT2D eigenvalue weighted by Crippen LogP contribution is -2.01. The van der Waals surface area contributed by atoms with Crippen molar-refractivity contribution in [2.45, 2.75) is 0 Å². The molecule has 0 aliphatic carbocycles. The summed E-state index contributed by atoms with van der Waals surface area (Å²) in [4.78, 5) is 17.8. The van der Waals surface area contributed by atoms with Gasteiger partial charge in [-0.05, 0) is 0 Å². The molecule has 0 saturated heterocycles. The Morgan fingerprint density at radius 2 is 1.89 bits per heavy atom. The van der Waals surface area contributed by atoms with E-state index >= 15 is 0 Å². The van der Waals surface area contributed by atoms with Crippen molar-refractivity contribution < 1.29 is 4.92 Å². The molecule has 0 aliphatic heterocycles. The standard InChI is InChI=1S/C10H7Cl2N5O2/c11-7-2-4(17(18)19)1-5(8(7)12)6-3-15-10(14)16-9(6)13/h1-3H,(H4,13,14,15,16). The maximum absolute atomic E-state index is 10.8. The Hall–Kier alpha value is -2.12. The molecule has 0 aliphatic rings. The number of nitro benzene ring substituents is 1. The minimum atomic E-state index is -0.583. The molecule has 0 fully saturated rings. The molecule has 98 valence electrons. The molecule has 2 aromatic rings. The largest absolute Gasteiger partial charge is 0.383 e. The Labute approximate surface area is 117 Å². The van der Waals surface area contributed by atoms with Gasteiger partial charge < -0.3 is 11.5 Å². The maximum Gasteiger partial charge on any atom is 0.271 e.